The lowest BCUT2D eigenvalue weighted by Crippen LogP contribution is -2.23. The molecule has 5 heteroatoms. The van der Waals surface area contributed by atoms with Crippen LogP contribution < -0.4 is 5.32 Å². The van der Waals surface area contributed by atoms with Gasteiger partial charge in [0.25, 0.3) is 0 Å². The molecular formula is C13H15Cl2N3. The number of rotatable bonds is 4. The van der Waals surface area contributed by atoms with Gasteiger partial charge in [0.15, 0.2) is 0 Å². The van der Waals surface area contributed by atoms with Gasteiger partial charge in [0.05, 0.1) is 6.04 Å². The Morgan fingerprint density at radius 1 is 1.22 bits per heavy atom. The van der Waals surface area contributed by atoms with Crippen LogP contribution in [0.25, 0.3) is 0 Å². The van der Waals surface area contributed by atoms with Crippen LogP contribution in [-0.4, -0.2) is 9.97 Å². The Morgan fingerprint density at radius 2 is 2.00 bits per heavy atom. The van der Waals surface area contributed by atoms with Crippen LogP contribution >= 0.6 is 23.2 Å². The predicted molar refractivity (Wildman–Crippen MR) is 75.0 cm³/mol. The molecule has 2 unspecified atom stereocenters. The summed E-state index contributed by atoms with van der Waals surface area (Å²) in [6.07, 6.45) is 3.55. The summed E-state index contributed by atoms with van der Waals surface area (Å²) in [6, 6.07) is 5.70. The Bertz CT molecular complexity index is 511. The SMILES string of the molecule is CC(NC(C)c1cc(Cl)ccc1Cl)c1ncc[nH]1. The van der Waals surface area contributed by atoms with Crippen LogP contribution in [0.2, 0.25) is 10.0 Å². The van der Waals surface area contributed by atoms with Gasteiger partial charge in [-0.1, -0.05) is 23.2 Å². The molecule has 0 bridgehead atoms. The molecule has 1 aromatic heterocycles. The van der Waals surface area contributed by atoms with Crippen LogP contribution in [0.3, 0.4) is 0 Å². The molecule has 0 aliphatic heterocycles. The molecule has 0 saturated heterocycles. The standard InChI is InChI=1S/C13H15Cl2N3/c1-8(11-7-10(14)3-4-12(11)15)18-9(2)13-16-5-6-17-13/h3-9,18H,1-2H3,(H,16,17). The summed E-state index contributed by atoms with van der Waals surface area (Å²) in [5, 5.41) is 4.83. The molecule has 96 valence electrons. The van der Waals surface area contributed by atoms with Crippen LogP contribution in [0.1, 0.15) is 37.3 Å². The van der Waals surface area contributed by atoms with E-state index in [2.05, 4.69) is 22.2 Å². The largest absolute Gasteiger partial charge is 0.347 e. The third kappa shape index (κ3) is 3.05. The van der Waals surface area contributed by atoms with Crippen molar-refractivity contribution in [1.29, 1.82) is 0 Å². The van der Waals surface area contributed by atoms with E-state index in [9.17, 15) is 0 Å². The number of halogens is 2. The van der Waals surface area contributed by atoms with Gasteiger partial charge in [0, 0.05) is 28.5 Å². The molecule has 0 fully saturated rings. The summed E-state index contributed by atoms with van der Waals surface area (Å²) < 4.78 is 0. The first-order valence-electron chi connectivity index (χ1n) is 5.78. The monoisotopic (exact) mass is 283 g/mol. The zero-order chi connectivity index (χ0) is 13.1. The first-order valence-corrected chi connectivity index (χ1v) is 6.54. The molecule has 0 amide bonds. The lowest BCUT2D eigenvalue weighted by molar-refractivity contribution is 0.479. The molecule has 0 aliphatic rings. The van der Waals surface area contributed by atoms with Crippen LogP contribution in [0, 0.1) is 0 Å². The summed E-state index contributed by atoms with van der Waals surface area (Å²) >= 11 is 12.2. The van der Waals surface area contributed by atoms with Crippen molar-refractivity contribution in [3.8, 4) is 0 Å². The van der Waals surface area contributed by atoms with Crippen LogP contribution in [0.15, 0.2) is 30.6 Å². The number of hydrogen-bond donors (Lipinski definition) is 2. The molecule has 1 heterocycles. The summed E-state index contributed by atoms with van der Waals surface area (Å²) in [7, 11) is 0. The first kappa shape index (κ1) is 13.4. The van der Waals surface area contributed by atoms with Crippen LogP contribution in [0.4, 0.5) is 0 Å². The number of benzene rings is 1. The fourth-order valence-electron chi connectivity index (χ4n) is 1.90. The third-order valence-electron chi connectivity index (χ3n) is 2.85. The van der Waals surface area contributed by atoms with Gasteiger partial charge < -0.3 is 10.3 Å². The van der Waals surface area contributed by atoms with Crippen molar-refractivity contribution in [2.75, 3.05) is 0 Å². The normalized spacial score (nSPS) is 14.4. The van der Waals surface area contributed by atoms with Gasteiger partial charge in [-0.2, -0.15) is 0 Å². The smallest absolute Gasteiger partial charge is 0.122 e. The molecule has 0 spiro atoms. The molecule has 3 nitrogen and oxygen atoms in total. The van der Waals surface area contributed by atoms with Gasteiger partial charge in [-0.25, -0.2) is 4.98 Å². The van der Waals surface area contributed by atoms with E-state index in [0.717, 1.165) is 11.4 Å². The highest BCUT2D eigenvalue weighted by Gasteiger charge is 2.15. The van der Waals surface area contributed by atoms with Gasteiger partial charge >= 0.3 is 0 Å². The maximum Gasteiger partial charge on any atom is 0.122 e. The molecule has 2 aromatic rings. The molecule has 2 N–H and O–H groups in total. The molecule has 18 heavy (non-hydrogen) atoms. The number of hydrogen-bond acceptors (Lipinski definition) is 2. The number of H-pyrrole nitrogens is 1. The van der Waals surface area contributed by atoms with Crippen molar-refractivity contribution in [3.05, 3.63) is 52.0 Å². The number of aromatic amines is 1. The zero-order valence-corrected chi connectivity index (χ0v) is 11.8. The second-order valence-corrected chi connectivity index (χ2v) is 5.09. The van der Waals surface area contributed by atoms with Crippen LogP contribution in [-0.2, 0) is 0 Å². The highest BCUT2D eigenvalue weighted by atomic mass is 35.5. The van der Waals surface area contributed by atoms with Crippen molar-refractivity contribution in [2.45, 2.75) is 25.9 Å². The molecular weight excluding hydrogens is 269 g/mol. The van der Waals surface area contributed by atoms with Gasteiger partial charge in [-0.15, -0.1) is 0 Å². The van der Waals surface area contributed by atoms with E-state index >= 15 is 0 Å². The fourth-order valence-corrected chi connectivity index (χ4v) is 2.37. The van der Waals surface area contributed by atoms with E-state index in [4.69, 9.17) is 23.2 Å². The Labute approximate surface area is 117 Å². The molecule has 0 aliphatic carbocycles. The topological polar surface area (TPSA) is 40.7 Å². The van der Waals surface area contributed by atoms with Gasteiger partial charge in [-0.05, 0) is 37.6 Å². The van der Waals surface area contributed by atoms with E-state index in [1.54, 1.807) is 12.3 Å². The Hall–Kier alpha value is -1.03. The van der Waals surface area contributed by atoms with Gasteiger partial charge in [0.2, 0.25) is 0 Å². The minimum atomic E-state index is 0.0938. The Morgan fingerprint density at radius 3 is 2.67 bits per heavy atom. The average molecular weight is 284 g/mol. The fraction of sp³-hybridized carbons (Fsp3) is 0.308. The van der Waals surface area contributed by atoms with E-state index in [0.29, 0.717) is 10.0 Å². The van der Waals surface area contributed by atoms with Gasteiger partial charge in [0.1, 0.15) is 5.82 Å². The Balaban J connectivity index is 2.12. The molecule has 0 saturated carbocycles. The third-order valence-corrected chi connectivity index (χ3v) is 3.43. The zero-order valence-electron chi connectivity index (χ0n) is 10.2. The Kier molecular flexibility index (Phi) is 4.27. The van der Waals surface area contributed by atoms with Crippen LogP contribution in [0.5, 0.6) is 0 Å². The van der Waals surface area contributed by atoms with Crippen molar-refractivity contribution in [2.24, 2.45) is 0 Å². The number of nitrogens with zero attached hydrogens (tertiary/aromatic N) is 1. The minimum absolute atomic E-state index is 0.0938. The molecule has 2 rings (SSSR count). The predicted octanol–water partition coefficient (Wildman–Crippen LogP) is 4.13. The first-order chi connectivity index (χ1) is 8.58. The molecule has 0 radical (unpaired) electrons. The minimum Gasteiger partial charge on any atom is -0.347 e. The van der Waals surface area contributed by atoms with Gasteiger partial charge in [-0.3, -0.25) is 0 Å². The number of imidazole rings is 1. The summed E-state index contributed by atoms with van der Waals surface area (Å²) in [4.78, 5) is 7.31. The lowest BCUT2D eigenvalue weighted by Gasteiger charge is -2.20. The van der Waals surface area contributed by atoms with Crippen molar-refractivity contribution >= 4 is 23.2 Å². The average Bonchev–Trinajstić information content (AvgIpc) is 2.85. The molecule has 2 atom stereocenters. The quantitative estimate of drug-likeness (QED) is 0.886. The van der Waals surface area contributed by atoms with E-state index in [-0.39, 0.29) is 12.1 Å². The second kappa shape index (κ2) is 5.74. The van der Waals surface area contributed by atoms with Crippen molar-refractivity contribution in [3.63, 3.8) is 0 Å². The summed E-state index contributed by atoms with van der Waals surface area (Å²) in [5.74, 6) is 0.903. The summed E-state index contributed by atoms with van der Waals surface area (Å²) in [5.41, 5.74) is 0.988. The maximum absolute atomic E-state index is 6.18. The van der Waals surface area contributed by atoms with E-state index in [1.807, 2.05) is 25.3 Å². The number of nitrogens with one attached hydrogen (secondary N) is 2. The summed E-state index contributed by atoms with van der Waals surface area (Å²) in [6.45, 7) is 4.10. The highest BCUT2D eigenvalue weighted by molar-refractivity contribution is 6.33. The van der Waals surface area contributed by atoms with Crippen molar-refractivity contribution in [1.82, 2.24) is 15.3 Å². The van der Waals surface area contributed by atoms with E-state index in [1.165, 1.54) is 0 Å². The van der Waals surface area contributed by atoms with E-state index < -0.39 is 0 Å². The lowest BCUT2D eigenvalue weighted by atomic mass is 10.1. The maximum atomic E-state index is 6.18. The van der Waals surface area contributed by atoms with Crippen molar-refractivity contribution < 1.29 is 0 Å². The highest BCUT2D eigenvalue weighted by Crippen LogP contribution is 2.27. The number of aromatic nitrogens is 2. The molecule has 1 aromatic carbocycles. The second-order valence-electron chi connectivity index (χ2n) is 4.25.